The third-order valence-corrected chi connectivity index (χ3v) is 3.38. The lowest BCUT2D eigenvalue weighted by Crippen LogP contribution is -2.28. The van der Waals surface area contributed by atoms with Gasteiger partial charge < -0.3 is 9.84 Å². The Morgan fingerprint density at radius 2 is 1.95 bits per heavy atom. The summed E-state index contributed by atoms with van der Waals surface area (Å²) in [7, 11) is 0. The van der Waals surface area contributed by atoms with Crippen LogP contribution in [-0.2, 0) is 11.3 Å². The van der Waals surface area contributed by atoms with Crippen molar-refractivity contribution in [3.63, 3.8) is 0 Å². The number of aliphatic carboxylic acids is 1. The summed E-state index contributed by atoms with van der Waals surface area (Å²) in [6, 6.07) is 14.5. The highest BCUT2D eigenvalue weighted by atomic mass is 16.5. The number of hydrogen-bond acceptors (Lipinski definition) is 3. The van der Waals surface area contributed by atoms with Gasteiger partial charge >= 0.3 is 5.97 Å². The summed E-state index contributed by atoms with van der Waals surface area (Å²) in [5.41, 5.74) is 2.92. The van der Waals surface area contributed by atoms with Gasteiger partial charge in [0.05, 0.1) is 6.61 Å². The minimum absolute atomic E-state index is 0.496. The van der Waals surface area contributed by atoms with Crippen molar-refractivity contribution in [2.24, 2.45) is 0 Å². The Balaban J connectivity index is 2.11. The van der Waals surface area contributed by atoms with E-state index in [4.69, 9.17) is 4.74 Å². The van der Waals surface area contributed by atoms with Gasteiger partial charge in [0.2, 0.25) is 0 Å². The van der Waals surface area contributed by atoms with E-state index in [1.165, 1.54) is 5.56 Å². The van der Waals surface area contributed by atoms with Crippen molar-refractivity contribution in [2.75, 3.05) is 6.61 Å². The maximum atomic E-state index is 11.5. The minimum atomic E-state index is -0.902. The van der Waals surface area contributed by atoms with Gasteiger partial charge in [0.1, 0.15) is 11.8 Å². The fourth-order valence-electron chi connectivity index (χ4n) is 2.22. The van der Waals surface area contributed by atoms with Crippen molar-refractivity contribution in [2.45, 2.75) is 26.4 Å². The standard InChI is InChI=1S/C18H21NO3/c1-3-22-16-6-4-5-15(11-16)17(18(20)21)19-12-14-9-7-13(2)8-10-14/h4-11,17,19H,3,12H2,1-2H3,(H,20,21). The lowest BCUT2D eigenvalue weighted by molar-refractivity contribution is -0.139. The number of nitrogens with one attached hydrogen (secondary N) is 1. The first-order valence-electron chi connectivity index (χ1n) is 7.34. The highest BCUT2D eigenvalue weighted by molar-refractivity contribution is 5.75. The average Bonchev–Trinajstić information content (AvgIpc) is 2.50. The van der Waals surface area contributed by atoms with E-state index in [1.54, 1.807) is 12.1 Å². The van der Waals surface area contributed by atoms with Gasteiger partial charge in [-0.3, -0.25) is 10.1 Å². The van der Waals surface area contributed by atoms with Gasteiger partial charge in [0.15, 0.2) is 0 Å². The van der Waals surface area contributed by atoms with Crippen molar-refractivity contribution in [3.8, 4) is 5.75 Å². The predicted octanol–water partition coefficient (Wildman–Crippen LogP) is 3.31. The molecule has 0 fully saturated rings. The van der Waals surface area contributed by atoms with Gasteiger partial charge in [-0.2, -0.15) is 0 Å². The summed E-state index contributed by atoms with van der Waals surface area (Å²) < 4.78 is 5.43. The minimum Gasteiger partial charge on any atom is -0.494 e. The van der Waals surface area contributed by atoms with Crippen LogP contribution in [0.1, 0.15) is 29.7 Å². The topological polar surface area (TPSA) is 58.6 Å². The van der Waals surface area contributed by atoms with Gasteiger partial charge in [-0.15, -0.1) is 0 Å². The van der Waals surface area contributed by atoms with Crippen LogP contribution < -0.4 is 10.1 Å². The van der Waals surface area contributed by atoms with Crippen LogP contribution in [0, 0.1) is 6.92 Å². The summed E-state index contributed by atoms with van der Waals surface area (Å²) >= 11 is 0. The van der Waals surface area contributed by atoms with Crippen LogP contribution in [0.5, 0.6) is 5.75 Å². The SMILES string of the molecule is CCOc1cccc(C(NCc2ccc(C)cc2)C(=O)O)c1. The Labute approximate surface area is 130 Å². The average molecular weight is 299 g/mol. The molecule has 0 aromatic heterocycles. The Kier molecular flexibility index (Phi) is 5.55. The number of benzene rings is 2. The van der Waals surface area contributed by atoms with Crippen LogP contribution >= 0.6 is 0 Å². The molecule has 0 spiro atoms. The molecule has 4 nitrogen and oxygen atoms in total. The van der Waals surface area contributed by atoms with Crippen LogP contribution in [0.15, 0.2) is 48.5 Å². The van der Waals surface area contributed by atoms with E-state index in [1.807, 2.05) is 50.2 Å². The first-order valence-corrected chi connectivity index (χ1v) is 7.34. The van der Waals surface area contributed by atoms with Crippen LogP contribution in [-0.4, -0.2) is 17.7 Å². The third-order valence-electron chi connectivity index (χ3n) is 3.38. The molecule has 2 N–H and O–H groups in total. The van der Waals surface area contributed by atoms with Crippen LogP contribution in [0.25, 0.3) is 0 Å². The maximum absolute atomic E-state index is 11.5. The van der Waals surface area contributed by atoms with Gasteiger partial charge in [0.25, 0.3) is 0 Å². The van der Waals surface area contributed by atoms with Gasteiger partial charge in [-0.05, 0) is 37.1 Å². The fourth-order valence-corrected chi connectivity index (χ4v) is 2.22. The molecule has 2 aromatic carbocycles. The number of aryl methyl sites for hydroxylation is 1. The Morgan fingerprint density at radius 3 is 2.59 bits per heavy atom. The van der Waals surface area contributed by atoms with Crippen LogP contribution in [0.3, 0.4) is 0 Å². The Bertz CT molecular complexity index is 622. The van der Waals surface area contributed by atoms with Crippen LogP contribution in [0.4, 0.5) is 0 Å². The van der Waals surface area contributed by atoms with Crippen molar-refractivity contribution in [1.82, 2.24) is 5.32 Å². The molecule has 0 aliphatic heterocycles. The molecule has 22 heavy (non-hydrogen) atoms. The summed E-state index contributed by atoms with van der Waals surface area (Å²) in [6.07, 6.45) is 0. The predicted molar refractivity (Wildman–Crippen MR) is 86.0 cm³/mol. The smallest absolute Gasteiger partial charge is 0.325 e. The number of hydrogen-bond donors (Lipinski definition) is 2. The lowest BCUT2D eigenvalue weighted by atomic mass is 10.1. The number of rotatable bonds is 7. The first kappa shape index (κ1) is 16.0. The number of carboxylic acids is 1. The second kappa shape index (κ2) is 7.61. The molecule has 0 saturated carbocycles. The highest BCUT2D eigenvalue weighted by Gasteiger charge is 2.19. The molecule has 0 aliphatic carbocycles. The zero-order valence-corrected chi connectivity index (χ0v) is 12.9. The summed E-state index contributed by atoms with van der Waals surface area (Å²) in [5, 5.41) is 12.6. The van der Waals surface area contributed by atoms with Gasteiger partial charge in [0, 0.05) is 6.54 Å². The molecule has 0 heterocycles. The second-order valence-electron chi connectivity index (χ2n) is 5.14. The van der Waals surface area contributed by atoms with Crippen LogP contribution in [0.2, 0.25) is 0 Å². The zero-order chi connectivity index (χ0) is 15.9. The Hall–Kier alpha value is -2.33. The van der Waals surface area contributed by atoms with E-state index in [-0.39, 0.29) is 0 Å². The summed E-state index contributed by atoms with van der Waals surface area (Å²) in [4.78, 5) is 11.5. The van der Waals surface area contributed by atoms with Crippen molar-refractivity contribution < 1.29 is 14.6 Å². The fraction of sp³-hybridized carbons (Fsp3) is 0.278. The normalized spacial score (nSPS) is 11.9. The van der Waals surface area contributed by atoms with Gasteiger partial charge in [-0.25, -0.2) is 0 Å². The molecule has 0 radical (unpaired) electrons. The van der Waals surface area contributed by atoms with Crippen molar-refractivity contribution >= 4 is 5.97 Å². The molecule has 4 heteroatoms. The van der Waals surface area contributed by atoms with E-state index in [0.717, 1.165) is 5.56 Å². The molecule has 116 valence electrons. The molecule has 1 unspecified atom stereocenters. The molecular formula is C18H21NO3. The number of ether oxygens (including phenoxy) is 1. The monoisotopic (exact) mass is 299 g/mol. The zero-order valence-electron chi connectivity index (χ0n) is 12.9. The van der Waals surface area contributed by atoms with Gasteiger partial charge in [-0.1, -0.05) is 42.0 Å². The molecule has 0 amide bonds. The molecule has 2 aromatic rings. The summed E-state index contributed by atoms with van der Waals surface area (Å²) in [5.74, 6) is -0.218. The molecule has 0 saturated heterocycles. The molecule has 0 bridgehead atoms. The molecule has 1 atom stereocenters. The van der Waals surface area contributed by atoms with E-state index in [9.17, 15) is 9.90 Å². The highest BCUT2D eigenvalue weighted by Crippen LogP contribution is 2.20. The largest absolute Gasteiger partial charge is 0.494 e. The maximum Gasteiger partial charge on any atom is 0.325 e. The van der Waals surface area contributed by atoms with E-state index in [0.29, 0.717) is 24.5 Å². The van der Waals surface area contributed by atoms with E-state index < -0.39 is 12.0 Å². The van der Waals surface area contributed by atoms with E-state index in [2.05, 4.69) is 5.32 Å². The van der Waals surface area contributed by atoms with E-state index >= 15 is 0 Å². The third kappa shape index (κ3) is 4.33. The summed E-state index contributed by atoms with van der Waals surface area (Å²) in [6.45, 7) is 4.97. The number of carboxylic acid groups (broad SMARTS) is 1. The van der Waals surface area contributed by atoms with Crippen molar-refractivity contribution in [1.29, 1.82) is 0 Å². The number of carbonyl (C=O) groups is 1. The Morgan fingerprint density at radius 1 is 1.23 bits per heavy atom. The molecular weight excluding hydrogens is 278 g/mol. The molecule has 2 rings (SSSR count). The second-order valence-corrected chi connectivity index (χ2v) is 5.14. The molecule has 0 aliphatic rings. The van der Waals surface area contributed by atoms with Crippen molar-refractivity contribution in [3.05, 3.63) is 65.2 Å². The lowest BCUT2D eigenvalue weighted by Gasteiger charge is -2.16. The first-order chi connectivity index (χ1) is 10.6. The quantitative estimate of drug-likeness (QED) is 0.823.